The van der Waals surface area contributed by atoms with Crippen LogP contribution in [-0.4, -0.2) is 36.9 Å². The summed E-state index contributed by atoms with van der Waals surface area (Å²) in [5.41, 5.74) is 0.566. The first kappa shape index (κ1) is 19.4. The lowest BCUT2D eigenvalue weighted by molar-refractivity contribution is -0.127. The van der Waals surface area contributed by atoms with Gasteiger partial charge in [0.25, 0.3) is 5.91 Å². The van der Waals surface area contributed by atoms with Crippen molar-refractivity contribution in [3.63, 3.8) is 0 Å². The van der Waals surface area contributed by atoms with Gasteiger partial charge in [0.2, 0.25) is 5.91 Å². The molecule has 1 N–H and O–H groups in total. The average Bonchev–Trinajstić information content (AvgIpc) is 2.67. The molecule has 0 saturated carbocycles. The molecule has 146 valence electrons. The molecule has 0 saturated heterocycles. The van der Waals surface area contributed by atoms with Crippen molar-refractivity contribution >= 4 is 29.5 Å². The highest BCUT2D eigenvalue weighted by Crippen LogP contribution is 2.37. The molecule has 28 heavy (non-hydrogen) atoms. The van der Waals surface area contributed by atoms with Crippen LogP contribution in [-0.2, 0) is 9.59 Å². The van der Waals surface area contributed by atoms with Crippen LogP contribution in [0.2, 0.25) is 0 Å². The van der Waals surface area contributed by atoms with Gasteiger partial charge < -0.3 is 14.8 Å². The molecule has 0 aliphatic carbocycles. The third-order valence-corrected chi connectivity index (χ3v) is 4.51. The fraction of sp³-hybridized carbons (Fsp3) is 0.286. The van der Waals surface area contributed by atoms with Gasteiger partial charge in [0.1, 0.15) is 11.8 Å². The van der Waals surface area contributed by atoms with Crippen molar-refractivity contribution in [2.75, 3.05) is 23.4 Å². The molecule has 0 atom stereocenters. The van der Waals surface area contributed by atoms with Crippen LogP contribution in [0.25, 0.3) is 0 Å². The smallest absolute Gasteiger partial charge is 0.265 e. The Kier molecular flexibility index (Phi) is 5.35. The molecule has 1 aliphatic rings. The highest BCUT2D eigenvalue weighted by molar-refractivity contribution is 6.14. The second-order valence-electron chi connectivity index (χ2n) is 6.81. The maximum atomic E-state index is 13.0. The topological polar surface area (TPSA) is 84.9 Å². The molecule has 3 rings (SSSR count). The largest absolute Gasteiger partial charge is 0.490 e. The lowest BCUT2D eigenvalue weighted by Gasteiger charge is -2.41. The SMILES string of the molecule is CCOc1cc(C=O)ccc1OCC(=O)N1c2ccccc2NC(=O)C1(C)C. The van der Waals surface area contributed by atoms with Crippen LogP contribution < -0.4 is 19.7 Å². The van der Waals surface area contributed by atoms with Gasteiger partial charge in [0.05, 0.1) is 18.0 Å². The third kappa shape index (κ3) is 3.55. The normalized spacial score (nSPS) is 14.7. The number of anilines is 2. The second kappa shape index (κ2) is 7.72. The van der Waals surface area contributed by atoms with Crippen LogP contribution in [0.4, 0.5) is 11.4 Å². The van der Waals surface area contributed by atoms with Crippen LogP contribution in [0.15, 0.2) is 42.5 Å². The molecule has 2 aromatic carbocycles. The average molecular weight is 382 g/mol. The fourth-order valence-corrected chi connectivity index (χ4v) is 3.09. The molecule has 0 bridgehead atoms. The van der Waals surface area contributed by atoms with Gasteiger partial charge in [-0.3, -0.25) is 19.3 Å². The van der Waals surface area contributed by atoms with E-state index in [0.717, 1.165) is 0 Å². The van der Waals surface area contributed by atoms with E-state index in [2.05, 4.69) is 5.32 Å². The molecule has 7 heteroatoms. The number of hydrogen-bond donors (Lipinski definition) is 1. The summed E-state index contributed by atoms with van der Waals surface area (Å²) in [5.74, 6) is 0.100. The molecule has 0 aromatic heterocycles. The van der Waals surface area contributed by atoms with E-state index in [1.807, 2.05) is 6.92 Å². The van der Waals surface area contributed by atoms with E-state index in [1.54, 1.807) is 56.3 Å². The van der Waals surface area contributed by atoms with Gasteiger partial charge in [0.15, 0.2) is 18.1 Å². The highest BCUT2D eigenvalue weighted by atomic mass is 16.5. The van der Waals surface area contributed by atoms with E-state index >= 15 is 0 Å². The number of carbonyl (C=O) groups excluding carboxylic acids is 3. The number of nitrogens with zero attached hydrogens (tertiary/aromatic N) is 1. The molecule has 0 fully saturated rings. The number of benzene rings is 2. The zero-order chi connectivity index (χ0) is 20.3. The summed E-state index contributed by atoms with van der Waals surface area (Å²) in [4.78, 5) is 37.9. The monoisotopic (exact) mass is 382 g/mol. The lowest BCUT2D eigenvalue weighted by atomic mass is 9.96. The van der Waals surface area contributed by atoms with E-state index in [1.165, 1.54) is 4.90 Å². The Labute approximate surface area is 163 Å². The van der Waals surface area contributed by atoms with E-state index in [-0.39, 0.29) is 18.4 Å². The maximum absolute atomic E-state index is 13.0. The van der Waals surface area contributed by atoms with Gasteiger partial charge in [-0.15, -0.1) is 0 Å². The number of nitrogens with one attached hydrogen (secondary N) is 1. The van der Waals surface area contributed by atoms with Gasteiger partial charge >= 0.3 is 0 Å². The van der Waals surface area contributed by atoms with E-state index in [4.69, 9.17) is 9.47 Å². The van der Waals surface area contributed by atoms with E-state index in [9.17, 15) is 14.4 Å². The minimum Gasteiger partial charge on any atom is -0.490 e. The quantitative estimate of drug-likeness (QED) is 0.776. The number of ether oxygens (including phenoxy) is 2. The molecule has 1 aliphatic heterocycles. The predicted molar refractivity (Wildman–Crippen MR) is 105 cm³/mol. The first-order valence-electron chi connectivity index (χ1n) is 8.97. The first-order chi connectivity index (χ1) is 13.4. The summed E-state index contributed by atoms with van der Waals surface area (Å²) in [6, 6.07) is 11.9. The Bertz CT molecular complexity index is 923. The molecule has 0 unspecified atom stereocenters. The number of para-hydroxylation sites is 2. The second-order valence-corrected chi connectivity index (χ2v) is 6.81. The molecular formula is C21H22N2O5. The summed E-state index contributed by atoms with van der Waals surface area (Å²) in [6.07, 6.45) is 0.712. The van der Waals surface area contributed by atoms with Gasteiger partial charge in [-0.25, -0.2) is 0 Å². The Balaban J connectivity index is 1.85. The maximum Gasteiger partial charge on any atom is 0.265 e. The highest BCUT2D eigenvalue weighted by Gasteiger charge is 2.43. The van der Waals surface area contributed by atoms with Gasteiger partial charge in [-0.1, -0.05) is 12.1 Å². The summed E-state index contributed by atoms with van der Waals surface area (Å²) in [6.45, 7) is 5.28. The molecule has 1 heterocycles. The predicted octanol–water partition coefficient (Wildman–Crippen LogP) is 3.04. The molecular weight excluding hydrogens is 360 g/mol. The number of aldehydes is 1. The fourth-order valence-electron chi connectivity index (χ4n) is 3.09. The number of hydrogen-bond acceptors (Lipinski definition) is 5. The van der Waals surface area contributed by atoms with Crippen LogP contribution in [0.3, 0.4) is 0 Å². The number of fused-ring (bicyclic) bond motifs is 1. The van der Waals surface area contributed by atoms with Crippen LogP contribution in [0.1, 0.15) is 31.1 Å². The van der Waals surface area contributed by atoms with Crippen LogP contribution in [0, 0.1) is 0 Å². The molecule has 2 amide bonds. The minimum absolute atomic E-state index is 0.273. The van der Waals surface area contributed by atoms with Crippen molar-refractivity contribution in [2.45, 2.75) is 26.3 Å². The Morgan fingerprint density at radius 2 is 1.89 bits per heavy atom. The summed E-state index contributed by atoms with van der Waals surface area (Å²) >= 11 is 0. The molecule has 0 spiro atoms. The Morgan fingerprint density at radius 1 is 1.14 bits per heavy atom. The van der Waals surface area contributed by atoms with Crippen molar-refractivity contribution in [1.82, 2.24) is 0 Å². The zero-order valence-electron chi connectivity index (χ0n) is 16.0. The summed E-state index contributed by atoms with van der Waals surface area (Å²) in [5, 5.41) is 2.82. The molecule has 0 radical (unpaired) electrons. The van der Waals surface area contributed by atoms with Crippen LogP contribution in [0.5, 0.6) is 11.5 Å². The lowest BCUT2D eigenvalue weighted by Crippen LogP contribution is -2.59. The van der Waals surface area contributed by atoms with Gasteiger partial charge in [0, 0.05) is 5.56 Å². The van der Waals surface area contributed by atoms with Crippen molar-refractivity contribution in [2.24, 2.45) is 0 Å². The molecule has 7 nitrogen and oxygen atoms in total. The summed E-state index contributed by atoms with van der Waals surface area (Å²) in [7, 11) is 0. The Morgan fingerprint density at radius 3 is 2.61 bits per heavy atom. The minimum atomic E-state index is -1.07. The number of rotatable bonds is 6. The molecule has 2 aromatic rings. The van der Waals surface area contributed by atoms with Crippen molar-refractivity contribution in [1.29, 1.82) is 0 Å². The Hall–Kier alpha value is -3.35. The van der Waals surface area contributed by atoms with E-state index < -0.39 is 5.54 Å². The summed E-state index contributed by atoms with van der Waals surface area (Å²) < 4.78 is 11.2. The number of amides is 2. The van der Waals surface area contributed by atoms with Gasteiger partial charge in [-0.2, -0.15) is 0 Å². The van der Waals surface area contributed by atoms with E-state index in [0.29, 0.717) is 41.3 Å². The standard InChI is InChI=1S/C21H22N2O5/c1-4-27-18-11-14(12-24)9-10-17(18)28-13-19(25)23-16-8-6-5-7-15(16)22-20(26)21(23,2)3/h5-12H,4,13H2,1-3H3,(H,22,26). The van der Waals surface area contributed by atoms with Crippen molar-refractivity contribution < 1.29 is 23.9 Å². The van der Waals surface area contributed by atoms with Gasteiger partial charge in [-0.05, 0) is 51.1 Å². The van der Waals surface area contributed by atoms with Crippen LogP contribution >= 0.6 is 0 Å². The number of carbonyl (C=O) groups is 3. The van der Waals surface area contributed by atoms with Crippen molar-refractivity contribution in [3.8, 4) is 11.5 Å². The van der Waals surface area contributed by atoms with Crippen molar-refractivity contribution in [3.05, 3.63) is 48.0 Å². The first-order valence-corrected chi connectivity index (χ1v) is 8.97. The zero-order valence-corrected chi connectivity index (χ0v) is 16.0. The third-order valence-electron chi connectivity index (χ3n) is 4.51.